The number of hydrogen-bond donors (Lipinski definition) is 0. The van der Waals surface area contributed by atoms with Crippen LogP contribution in [-0.2, 0) is 10.8 Å². The second-order valence-electron chi connectivity index (χ2n) is 5.24. The highest BCUT2D eigenvalue weighted by Gasteiger charge is 2.18. The topological polar surface area (TPSA) is 17.1 Å². The lowest BCUT2D eigenvalue weighted by Crippen LogP contribution is -2.06. The highest BCUT2D eigenvalue weighted by Crippen LogP contribution is 2.29. The number of benzene rings is 3. The van der Waals surface area contributed by atoms with Gasteiger partial charge in [0.05, 0.1) is 16.0 Å². The highest BCUT2D eigenvalue weighted by atomic mass is 32.2. The Bertz CT molecular complexity index is 740. The molecule has 3 aromatic carbocycles. The van der Waals surface area contributed by atoms with Crippen molar-refractivity contribution in [2.45, 2.75) is 5.25 Å². The van der Waals surface area contributed by atoms with Crippen molar-refractivity contribution in [3.05, 3.63) is 113 Å². The highest BCUT2D eigenvalue weighted by molar-refractivity contribution is 7.88. The summed E-state index contributed by atoms with van der Waals surface area (Å²) in [5, 5.41) is 1.64. The van der Waals surface area contributed by atoms with E-state index in [0.717, 1.165) is 16.7 Å². The molecule has 3 rings (SSSR count). The molecule has 0 radical (unpaired) electrons. The quantitative estimate of drug-likeness (QED) is 0.632. The lowest BCUT2D eigenvalue weighted by Gasteiger charge is -2.15. The lowest BCUT2D eigenvalue weighted by molar-refractivity contribution is 0.684. The van der Waals surface area contributed by atoms with E-state index in [2.05, 4.69) is 0 Å². The predicted molar refractivity (Wildman–Crippen MR) is 98.3 cm³/mol. The molecule has 0 bridgehead atoms. The average molecular weight is 318 g/mol. The smallest absolute Gasteiger partial charge is 0.0887 e. The second kappa shape index (κ2) is 7.70. The molecule has 0 aliphatic rings. The first-order chi connectivity index (χ1) is 11.3. The third-order valence-electron chi connectivity index (χ3n) is 3.63. The van der Waals surface area contributed by atoms with Crippen molar-refractivity contribution in [3.8, 4) is 0 Å². The number of rotatable bonds is 5. The molecule has 0 amide bonds. The molecule has 1 nitrogen and oxygen atoms in total. The van der Waals surface area contributed by atoms with Gasteiger partial charge in [-0.15, -0.1) is 0 Å². The van der Waals surface area contributed by atoms with E-state index in [1.54, 1.807) is 5.41 Å². The molecule has 0 aliphatic heterocycles. The van der Waals surface area contributed by atoms with Gasteiger partial charge in [0.1, 0.15) is 0 Å². The van der Waals surface area contributed by atoms with Gasteiger partial charge in [-0.05, 0) is 22.8 Å². The SMILES string of the molecule is O=S(/C=C/c1ccccc1)C(c1ccccc1)c1ccccc1. The van der Waals surface area contributed by atoms with E-state index in [4.69, 9.17) is 0 Å². The van der Waals surface area contributed by atoms with Crippen LogP contribution in [0.4, 0.5) is 0 Å². The van der Waals surface area contributed by atoms with Gasteiger partial charge in [0, 0.05) is 5.41 Å². The fourth-order valence-corrected chi connectivity index (χ4v) is 3.80. The van der Waals surface area contributed by atoms with Gasteiger partial charge >= 0.3 is 0 Å². The third-order valence-corrected chi connectivity index (χ3v) is 5.04. The minimum atomic E-state index is -1.14. The monoisotopic (exact) mass is 318 g/mol. The van der Waals surface area contributed by atoms with Crippen molar-refractivity contribution < 1.29 is 4.21 Å². The Labute approximate surface area is 139 Å². The Morgan fingerprint density at radius 2 is 1.09 bits per heavy atom. The Morgan fingerprint density at radius 3 is 1.57 bits per heavy atom. The zero-order chi connectivity index (χ0) is 15.9. The minimum Gasteiger partial charge on any atom is -0.254 e. The molecule has 1 atom stereocenters. The van der Waals surface area contributed by atoms with Crippen LogP contribution in [0.2, 0.25) is 0 Å². The van der Waals surface area contributed by atoms with Crippen LogP contribution in [-0.4, -0.2) is 4.21 Å². The maximum Gasteiger partial charge on any atom is 0.0887 e. The predicted octanol–water partition coefficient (Wildman–Crippen LogP) is 5.20. The molecule has 114 valence electrons. The van der Waals surface area contributed by atoms with E-state index < -0.39 is 10.8 Å². The summed E-state index contributed by atoms with van der Waals surface area (Å²) < 4.78 is 12.9. The summed E-state index contributed by atoms with van der Waals surface area (Å²) >= 11 is 0. The van der Waals surface area contributed by atoms with E-state index in [0.29, 0.717) is 0 Å². The van der Waals surface area contributed by atoms with Crippen LogP contribution < -0.4 is 0 Å². The maximum atomic E-state index is 12.9. The van der Waals surface area contributed by atoms with E-state index in [1.807, 2.05) is 97.1 Å². The molecule has 0 N–H and O–H groups in total. The summed E-state index contributed by atoms with van der Waals surface area (Å²) in [7, 11) is -1.14. The Morgan fingerprint density at radius 1 is 0.652 bits per heavy atom. The summed E-state index contributed by atoms with van der Waals surface area (Å²) in [4.78, 5) is 0. The average Bonchev–Trinajstić information content (AvgIpc) is 2.63. The molecular formula is C21H18OS. The molecule has 0 saturated carbocycles. The molecule has 0 aromatic heterocycles. The van der Waals surface area contributed by atoms with Gasteiger partial charge in [-0.3, -0.25) is 4.21 Å². The standard InChI is InChI=1S/C21H18OS/c22-23(17-16-18-10-4-1-5-11-18)21(19-12-6-2-7-13-19)20-14-8-3-9-15-20/h1-17,21H/b17-16+. The Balaban J connectivity index is 1.93. The fourth-order valence-electron chi connectivity index (χ4n) is 2.50. The molecule has 0 heterocycles. The van der Waals surface area contributed by atoms with Gasteiger partial charge in [-0.2, -0.15) is 0 Å². The molecular weight excluding hydrogens is 300 g/mol. The van der Waals surface area contributed by atoms with Gasteiger partial charge in [-0.25, -0.2) is 0 Å². The van der Waals surface area contributed by atoms with Crippen molar-refractivity contribution in [1.29, 1.82) is 0 Å². The van der Waals surface area contributed by atoms with Crippen LogP contribution in [0.5, 0.6) is 0 Å². The molecule has 2 heteroatoms. The maximum absolute atomic E-state index is 12.9. The fraction of sp³-hybridized carbons (Fsp3) is 0.0476. The van der Waals surface area contributed by atoms with Gasteiger partial charge in [0.15, 0.2) is 0 Å². The van der Waals surface area contributed by atoms with Crippen LogP contribution in [0.15, 0.2) is 96.4 Å². The van der Waals surface area contributed by atoms with E-state index in [1.165, 1.54) is 0 Å². The zero-order valence-electron chi connectivity index (χ0n) is 12.7. The Kier molecular flexibility index (Phi) is 5.17. The summed E-state index contributed by atoms with van der Waals surface area (Å²) in [6.07, 6.45) is 1.93. The molecule has 1 unspecified atom stereocenters. The zero-order valence-corrected chi connectivity index (χ0v) is 13.5. The van der Waals surface area contributed by atoms with Gasteiger partial charge in [0.2, 0.25) is 0 Å². The number of hydrogen-bond acceptors (Lipinski definition) is 1. The van der Waals surface area contributed by atoms with Crippen LogP contribution in [0.25, 0.3) is 6.08 Å². The van der Waals surface area contributed by atoms with Crippen LogP contribution in [0.3, 0.4) is 0 Å². The third kappa shape index (κ3) is 4.05. The van der Waals surface area contributed by atoms with Crippen molar-refractivity contribution in [2.24, 2.45) is 0 Å². The normalized spacial score (nSPS) is 12.6. The van der Waals surface area contributed by atoms with Crippen molar-refractivity contribution in [1.82, 2.24) is 0 Å². The minimum absolute atomic E-state index is 0.155. The lowest BCUT2D eigenvalue weighted by atomic mass is 10.0. The van der Waals surface area contributed by atoms with Gasteiger partial charge < -0.3 is 0 Å². The molecule has 23 heavy (non-hydrogen) atoms. The van der Waals surface area contributed by atoms with Gasteiger partial charge in [0.25, 0.3) is 0 Å². The summed E-state index contributed by atoms with van der Waals surface area (Å²) in [5.74, 6) is 0. The van der Waals surface area contributed by atoms with E-state index in [9.17, 15) is 4.21 Å². The first kappa shape index (κ1) is 15.4. The molecule has 0 aliphatic carbocycles. The molecule has 0 fully saturated rings. The first-order valence-corrected chi connectivity index (χ1v) is 8.85. The van der Waals surface area contributed by atoms with Crippen molar-refractivity contribution in [3.63, 3.8) is 0 Å². The molecule has 3 aromatic rings. The van der Waals surface area contributed by atoms with Crippen LogP contribution in [0, 0.1) is 0 Å². The molecule has 0 spiro atoms. The first-order valence-electron chi connectivity index (χ1n) is 7.57. The Hall–Kier alpha value is -2.45. The summed E-state index contributed by atoms with van der Waals surface area (Å²) in [5.41, 5.74) is 3.19. The summed E-state index contributed by atoms with van der Waals surface area (Å²) in [6, 6.07) is 30.0. The second-order valence-corrected chi connectivity index (χ2v) is 6.64. The van der Waals surface area contributed by atoms with E-state index >= 15 is 0 Å². The van der Waals surface area contributed by atoms with Gasteiger partial charge in [-0.1, -0.05) is 91.0 Å². The summed E-state index contributed by atoms with van der Waals surface area (Å²) in [6.45, 7) is 0. The van der Waals surface area contributed by atoms with Crippen LogP contribution in [0.1, 0.15) is 21.9 Å². The molecule has 0 saturated heterocycles. The van der Waals surface area contributed by atoms with Crippen molar-refractivity contribution in [2.75, 3.05) is 0 Å². The largest absolute Gasteiger partial charge is 0.254 e. The van der Waals surface area contributed by atoms with E-state index in [-0.39, 0.29) is 5.25 Å². The van der Waals surface area contributed by atoms with Crippen molar-refractivity contribution >= 4 is 16.9 Å². The van der Waals surface area contributed by atoms with Crippen LogP contribution >= 0.6 is 0 Å².